The van der Waals surface area contributed by atoms with Crippen LogP contribution in [0.2, 0.25) is 0 Å². The average molecular weight is 354 g/mol. The molecule has 112 valence electrons. The zero-order valence-electron chi connectivity index (χ0n) is 11.7. The van der Waals surface area contributed by atoms with Crippen molar-refractivity contribution < 1.29 is 13.9 Å². The highest BCUT2D eigenvalue weighted by Crippen LogP contribution is 2.30. The molecule has 5 heteroatoms. The largest absolute Gasteiger partial charge is 0.456 e. The topological polar surface area (TPSA) is 30.5 Å². The van der Waals surface area contributed by atoms with Crippen LogP contribution in [0.25, 0.3) is 0 Å². The lowest BCUT2D eigenvalue weighted by Gasteiger charge is -2.09. The summed E-state index contributed by atoms with van der Waals surface area (Å²) in [6.07, 6.45) is 0. The van der Waals surface area contributed by atoms with Gasteiger partial charge in [-0.05, 0) is 51.8 Å². The third-order valence-corrected chi connectivity index (χ3v) is 3.48. The van der Waals surface area contributed by atoms with Crippen molar-refractivity contribution in [2.45, 2.75) is 6.54 Å². The fourth-order valence-corrected chi connectivity index (χ4v) is 2.20. The van der Waals surface area contributed by atoms with E-state index in [2.05, 4.69) is 21.2 Å². The molecule has 0 amide bonds. The molecule has 2 rings (SSSR count). The minimum atomic E-state index is -0.299. The Morgan fingerprint density at radius 1 is 1.14 bits per heavy atom. The van der Waals surface area contributed by atoms with E-state index in [4.69, 9.17) is 9.47 Å². The summed E-state index contributed by atoms with van der Waals surface area (Å²) in [5.41, 5.74) is 1.16. The van der Waals surface area contributed by atoms with Gasteiger partial charge in [0.1, 0.15) is 17.3 Å². The van der Waals surface area contributed by atoms with Crippen molar-refractivity contribution in [1.29, 1.82) is 0 Å². The molecule has 2 aromatic carbocycles. The molecule has 0 atom stereocenters. The molecule has 0 aliphatic carbocycles. The molecule has 0 aliphatic rings. The van der Waals surface area contributed by atoms with Crippen LogP contribution < -0.4 is 10.1 Å². The molecule has 0 spiro atoms. The predicted molar refractivity (Wildman–Crippen MR) is 84.2 cm³/mol. The molecule has 0 fully saturated rings. The van der Waals surface area contributed by atoms with Gasteiger partial charge in [-0.3, -0.25) is 0 Å². The maximum Gasteiger partial charge on any atom is 0.141 e. The molecule has 2 aromatic rings. The molecule has 0 aliphatic heterocycles. The summed E-state index contributed by atoms with van der Waals surface area (Å²) in [4.78, 5) is 0. The second kappa shape index (κ2) is 8.12. The first kappa shape index (κ1) is 15.9. The molecule has 0 saturated carbocycles. The maximum atomic E-state index is 13.0. The molecule has 21 heavy (non-hydrogen) atoms. The first-order chi connectivity index (χ1) is 10.2. The summed E-state index contributed by atoms with van der Waals surface area (Å²) in [6.45, 7) is 2.29. The van der Waals surface area contributed by atoms with Gasteiger partial charge in [0.25, 0.3) is 0 Å². The van der Waals surface area contributed by atoms with E-state index in [0.29, 0.717) is 22.6 Å². The number of nitrogens with one attached hydrogen (secondary N) is 1. The molecule has 0 bridgehead atoms. The molecule has 0 unspecified atom stereocenters. The van der Waals surface area contributed by atoms with E-state index in [1.165, 1.54) is 12.1 Å². The molecule has 0 saturated heterocycles. The number of ether oxygens (including phenoxy) is 2. The highest BCUT2D eigenvalue weighted by Gasteiger charge is 2.04. The molecule has 0 radical (unpaired) electrons. The van der Waals surface area contributed by atoms with Crippen molar-refractivity contribution >= 4 is 15.9 Å². The minimum absolute atomic E-state index is 0.299. The third kappa shape index (κ3) is 5.12. The van der Waals surface area contributed by atoms with Gasteiger partial charge in [-0.1, -0.05) is 12.1 Å². The molecule has 3 nitrogen and oxygen atoms in total. The van der Waals surface area contributed by atoms with Crippen molar-refractivity contribution in [2.75, 3.05) is 20.3 Å². The Hall–Kier alpha value is -1.43. The normalized spacial score (nSPS) is 10.6. The van der Waals surface area contributed by atoms with E-state index >= 15 is 0 Å². The zero-order valence-corrected chi connectivity index (χ0v) is 13.3. The predicted octanol–water partition coefficient (Wildman–Crippen LogP) is 4.12. The van der Waals surface area contributed by atoms with Crippen molar-refractivity contribution in [3.8, 4) is 11.5 Å². The van der Waals surface area contributed by atoms with E-state index in [1.807, 2.05) is 24.3 Å². The van der Waals surface area contributed by atoms with Crippen molar-refractivity contribution in [3.63, 3.8) is 0 Å². The lowest BCUT2D eigenvalue weighted by molar-refractivity contribution is 0.199. The van der Waals surface area contributed by atoms with E-state index < -0.39 is 0 Å². The van der Waals surface area contributed by atoms with Crippen molar-refractivity contribution in [1.82, 2.24) is 5.32 Å². The van der Waals surface area contributed by atoms with Crippen LogP contribution >= 0.6 is 15.9 Å². The van der Waals surface area contributed by atoms with Gasteiger partial charge in [-0.2, -0.15) is 0 Å². The third-order valence-electron chi connectivity index (χ3n) is 2.86. The monoisotopic (exact) mass is 353 g/mol. The second-order valence-electron chi connectivity index (χ2n) is 4.49. The first-order valence-corrected chi connectivity index (χ1v) is 7.40. The number of methoxy groups -OCH3 is 1. The standard InChI is InChI=1S/C16H17BrFNO2/c1-20-9-8-19-11-12-2-5-14(6-3-12)21-16-7-4-13(18)10-15(16)17/h2-7,10,19H,8-9,11H2,1H3. The van der Waals surface area contributed by atoms with Crippen LogP contribution in [0.1, 0.15) is 5.56 Å². The number of hydrogen-bond donors (Lipinski definition) is 1. The van der Waals surface area contributed by atoms with Gasteiger partial charge in [0, 0.05) is 20.2 Å². The van der Waals surface area contributed by atoms with E-state index in [1.54, 1.807) is 13.2 Å². The van der Waals surface area contributed by atoms with Gasteiger partial charge in [0.2, 0.25) is 0 Å². The summed E-state index contributed by atoms with van der Waals surface area (Å²) in [7, 11) is 1.68. The van der Waals surface area contributed by atoms with E-state index in [0.717, 1.165) is 18.7 Å². The Labute approximate surface area is 132 Å². The Kier molecular flexibility index (Phi) is 6.17. The fraction of sp³-hybridized carbons (Fsp3) is 0.250. The summed E-state index contributed by atoms with van der Waals surface area (Å²) in [6, 6.07) is 12.1. The Bertz CT molecular complexity index is 575. The highest BCUT2D eigenvalue weighted by atomic mass is 79.9. The minimum Gasteiger partial charge on any atom is -0.456 e. The van der Waals surface area contributed by atoms with Crippen LogP contribution in [-0.2, 0) is 11.3 Å². The second-order valence-corrected chi connectivity index (χ2v) is 5.34. The van der Waals surface area contributed by atoms with Crippen LogP contribution in [0.15, 0.2) is 46.9 Å². The molecule has 0 heterocycles. The van der Waals surface area contributed by atoms with Gasteiger partial charge < -0.3 is 14.8 Å². The molecule has 0 aromatic heterocycles. The summed E-state index contributed by atoms with van der Waals surface area (Å²) in [5, 5.41) is 3.27. The van der Waals surface area contributed by atoms with Crippen molar-refractivity contribution in [3.05, 3.63) is 58.3 Å². The van der Waals surface area contributed by atoms with Crippen LogP contribution in [0.4, 0.5) is 4.39 Å². The molecule has 1 N–H and O–H groups in total. The van der Waals surface area contributed by atoms with Crippen LogP contribution in [0.3, 0.4) is 0 Å². The van der Waals surface area contributed by atoms with Gasteiger partial charge >= 0.3 is 0 Å². The van der Waals surface area contributed by atoms with Crippen LogP contribution in [0.5, 0.6) is 11.5 Å². The van der Waals surface area contributed by atoms with E-state index in [9.17, 15) is 4.39 Å². The summed E-state index contributed by atoms with van der Waals surface area (Å²) in [5.74, 6) is 0.997. The summed E-state index contributed by atoms with van der Waals surface area (Å²) >= 11 is 3.28. The highest BCUT2D eigenvalue weighted by molar-refractivity contribution is 9.10. The average Bonchev–Trinajstić information content (AvgIpc) is 2.48. The number of benzene rings is 2. The van der Waals surface area contributed by atoms with E-state index in [-0.39, 0.29) is 5.82 Å². The summed E-state index contributed by atoms with van der Waals surface area (Å²) < 4.78 is 24.3. The number of hydrogen-bond acceptors (Lipinski definition) is 3. The SMILES string of the molecule is COCCNCc1ccc(Oc2ccc(F)cc2Br)cc1. The molecular formula is C16H17BrFNO2. The quantitative estimate of drug-likeness (QED) is 0.759. The first-order valence-electron chi connectivity index (χ1n) is 6.60. The zero-order chi connectivity index (χ0) is 15.1. The number of rotatable bonds is 7. The Balaban J connectivity index is 1.92. The molecular weight excluding hydrogens is 337 g/mol. The van der Waals surface area contributed by atoms with Gasteiger partial charge in [0.15, 0.2) is 0 Å². The Morgan fingerprint density at radius 2 is 1.90 bits per heavy atom. The fourth-order valence-electron chi connectivity index (χ4n) is 1.77. The Morgan fingerprint density at radius 3 is 2.57 bits per heavy atom. The van der Waals surface area contributed by atoms with Gasteiger partial charge in [-0.15, -0.1) is 0 Å². The van der Waals surface area contributed by atoms with Crippen LogP contribution in [-0.4, -0.2) is 20.3 Å². The lowest BCUT2D eigenvalue weighted by Crippen LogP contribution is -2.18. The lowest BCUT2D eigenvalue weighted by atomic mass is 10.2. The van der Waals surface area contributed by atoms with Crippen LogP contribution in [0, 0.1) is 5.82 Å². The van der Waals surface area contributed by atoms with Crippen molar-refractivity contribution in [2.24, 2.45) is 0 Å². The van der Waals surface area contributed by atoms with Gasteiger partial charge in [-0.25, -0.2) is 4.39 Å². The smallest absolute Gasteiger partial charge is 0.141 e. The van der Waals surface area contributed by atoms with Gasteiger partial charge in [0.05, 0.1) is 11.1 Å². The number of halogens is 2. The maximum absolute atomic E-state index is 13.0.